The van der Waals surface area contributed by atoms with Gasteiger partial charge in [0.05, 0.1) is 17.5 Å². The van der Waals surface area contributed by atoms with E-state index in [4.69, 9.17) is 0 Å². The third kappa shape index (κ3) is 5.75. The number of carbonyl (C=O) groups is 1. The lowest BCUT2D eigenvalue weighted by molar-refractivity contribution is -0.113. The largest absolute Gasteiger partial charge is 0.323 e. The Bertz CT molecular complexity index is 797. The number of amides is 1. The van der Waals surface area contributed by atoms with Gasteiger partial charge in [-0.2, -0.15) is 0 Å². The number of unbranched alkanes of at least 4 members (excludes halogenated alkanes) is 1. The Kier molecular flexibility index (Phi) is 8.37. The summed E-state index contributed by atoms with van der Waals surface area (Å²) in [6.45, 7) is 4.99. The molecule has 6 nitrogen and oxygen atoms in total. The lowest BCUT2D eigenvalue weighted by atomic mass is 10.2. The molecule has 1 atom stereocenters. The predicted molar refractivity (Wildman–Crippen MR) is 107 cm³/mol. The first kappa shape index (κ1) is 22.3. The van der Waals surface area contributed by atoms with Crippen molar-refractivity contribution in [3.05, 3.63) is 35.7 Å². The molecule has 0 bridgehead atoms. The Hall–Kier alpha value is -2.00. The van der Waals surface area contributed by atoms with Crippen LogP contribution in [0.25, 0.3) is 0 Å². The zero-order chi connectivity index (χ0) is 20.7. The SMILES string of the molecule is CCCCn1c(SCC(=O)Nc2ccc(F)cc2F)nnc1[C@@H](CC)N(C)C. The van der Waals surface area contributed by atoms with Gasteiger partial charge in [0.1, 0.15) is 11.6 Å². The van der Waals surface area contributed by atoms with Crippen molar-refractivity contribution >= 4 is 23.4 Å². The van der Waals surface area contributed by atoms with E-state index in [1.165, 1.54) is 17.8 Å². The van der Waals surface area contributed by atoms with Crippen LogP contribution >= 0.6 is 11.8 Å². The molecule has 0 unspecified atom stereocenters. The maximum Gasteiger partial charge on any atom is 0.234 e. The molecular weight excluding hydrogens is 384 g/mol. The van der Waals surface area contributed by atoms with Gasteiger partial charge in [-0.3, -0.25) is 9.69 Å². The normalized spacial score (nSPS) is 12.4. The second-order valence-corrected chi connectivity index (χ2v) is 7.64. The fourth-order valence-corrected chi connectivity index (χ4v) is 3.64. The Morgan fingerprint density at radius 2 is 2.04 bits per heavy atom. The van der Waals surface area contributed by atoms with Crippen molar-refractivity contribution in [1.29, 1.82) is 0 Å². The van der Waals surface area contributed by atoms with Gasteiger partial charge in [0, 0.05) is 12.6 Å². The quantitative estimate of drug-likeness (QED) is 0.597. The molecule has 1 aromatic heterocycles. The van der Waals surface area contributed by atoms with E-state index < -0.39 is 11.6 Å². The molecule has 9 heteroatoms. The monoisotopic (exact) mass is 411 g/mol. The van der Waals surface area contributed by atoms with Crippen LogP contribution < -0.4 is 5.32 Å². The number of carbonyl (C=O) groups excluding carboxylic acids is 1. The molecule has 0 aliphatic carbocycles. The molecule has 1 heterocycles. The average molecular weight is 412 g/mol. The smallest absolute Gasteiger partial charge is 0.234 e. The number of anilines is 1. The molecule has 0 aliphatic rings. The molecule has 0 saturated carbocycles. The van der Waals surface area contributed by atoms with Gasteiger partial charge < -0.3 is 9.88 Å². The number of nitrogens with one attached hydrogen (secondary N) is 1. The van der Waals surface area contributed by atoms with Crippen molar-refractivity contribution in [2.24, 2.45) is 0 Å². The summed E-state index contributed by atoms with van der Waals surface area (Å²) in [6, 6.07) is 3.19. The summed E-state index contributed by atoms with van der Waals surface area (Å²) >= 11 is 1.26. The third-order valence-corrected chi connectivity index (χ3v) is 5.29. The fraction of sp³-hybridized carbons (Fsp3) is 0.526. The van der Waals surface area contributed by atoms with Gasteiger partial charge in [0.2, 0.25) is 5.91 Å². The molecule has 1 amide bonds. The summed E-state index contributed by atoms with van der Waals surface area (Å²) in [5.41, 5.74) is -0.0428. The number of aromatic nitrogens is 3. The molecule has 2 rings (SSSR count). The molecule has 0 fully saturated rings. The van der Waals surface area contributed by atoms with E-state index in [0.29, 0.717) is 5.16 Å². The highest BCUT2D eigenvalue weighted by Crippen LogP contribution is 2.26. The van der Waals surface area contributed by atoms with Crippen LogP contribution in [0.4, 0.5) is 14.5 Å². The molecule has 0 saturated heterocycles. The maximum atomic E-state index is 13.7. The molecule has 0 radical (unpaired) electrons. The highest BCUT2D eigenvalue weighted by atomic mass is 32.2. The van der Waals surface area contributed by atoms with Gasteiger partial charge in [-0.15, -0.1) is 10.2 Å². The fourth-order valence-electron chi connectivity index (χ4n) is 2.87. The van der Waals surface area contributed by atoms with Crippen molar-refractivity contribution in [2.75, 3.05) is 25.2 Å². The summed E-state index contributed by atoms with van der Waals surface area (Å²) in [5, 5.41) is 11.8. The Morgan fingerprint density at radius 1 is 1.29 bits per heavy atom. The molecule has 28 heavy (non-hydrogen) atoms. The summed E-state index contributed by atoms with van der Waals surface area (Å²) in [6.07, 6.45) is 2.91. The van der Waals surface area contributed by atoms with Crippen LogP contribution in [0.15, 0.2) is 23.4 Å². The minimum Gasteiger partial charge on any atom is -0.323 e. The first-order valence-corrected chi connectivity index (χ1v) is 10.3. The van der Waals surface area contributed by atoms with Gasteiger partial charge >= 0.3 is 0 Å². The lowest BCUT2D eigenvalue weighted by Gasteiger charge is -2.23. The Morgan fingerprint density at radius 3 is 2.64 bits per heavy atom. The van der Waals surface area contributed by atoms with Gasteiger partial charge in [-0.05, 0) is 39.1 Å². The topological polar surface area (TPSA) is 63.1 Å². The van der Waals surface area contributed by atoms with Crippen LogP contribution in [0, 0.1) is 11.6 Å². The summed E-state index contributed by atoms with van der Waals surface area (Å²) in [4.78, 5) is 14.3. The van der Waals surface area contributed by atoms with Crippen molar-refractivity contribution in [2.45, 2.75) is 50.9 Å². The van der Waals surface area contributed by atoms with Crippen molar-refractivity contribution in [3.8, 4) is 0 Å². The van der Waals surface area contributed by atoms with E-state index in [-0.39, 0.29) is 23.4 Å². The molecule has 154 valence electrons. The van der Waals surface area contributed by atoms with Crippen molar-refractivity contribution in [3.63, 3.8) is 0 Å². The highest BCUT2D eigenvalue weighted by molar-refractivity contribution is 7.99. The Labute approximate surface area is 168 Å². The molecule has 0 aliphatic heterocycles. The summed E-state index contributed by atoms with van der Waals surface area (Å²) < 4.78 is 28.7. The van der Waals surface area contributed by atoms with Crippen molar-refractivity contribution < 1.29 is 13.6 Å². The van der Waals surface area contributed by atoms with E-state index in [9.17, 15) is 13.6 Å². The van der Waals surface area contributed by atoms with Gasteiger partial charge in [-0.25, -0.2) is 8.78 Å². The van der Waals surface area contributed by atoms with Crippen LogP contribution in [0.5, 0.6) is 0 Å². The first-order valence-electron chi connectivity index (χ1n) is 9.34. The van der Waals surface area contributed by atoms with Crippen LogP contribution in [0.1, 0.15) is 45.0 Å². The second kappa shape index (κ2) is 10.5. The van der Waals surface area contributed by atoms with Crippen LogP contribution in [-0.4, -0.2) is 45.4 Å². The molecular formula is C19H27F2N5OS. The Balaban J connectivity index is 2.09. The zero-order valence-corrected chi connectivity index (χ0v) is 17.5. The molecule has 1 aromatic carbocycles. The number of halogens is 2. The number of hydrogen-bond donors (Lipinski definition) is 1. The number of nitrogens with zero attached hydrogens (tertiary/aromatic N) is 4. The van der Waals surface area contributed by atoms with Crippen LogP contribution in [0.3, 0.4) is 0 Å². The minimum atomic E-state index is -0.802. The summed E-state index contributed by atoms with van der Waals surface area (Å²) in [5.74, 6) is -0.939. The second-order valence-electron chi connectivity index (χ2n) is 6.69. The van der Waals surface area contributed by atoms with Gasteiger partial charge in [0.15, 0.2) is 11.0 Å². The van der Waals surface area contributed by atoms with Crippen LogP contribution in [0.2, 0.25) is 0 Å². The zero-order valence-electron chi connectivity index (χ0n) is 16.7. The number of rotatable bonds is 10. The van der Waals surface area contributed by atoms with E-state index >= 15 is 0 Å². The third-order valence-electron chi connectivity index (χ3n) is 4.33. The van der Waals surface area contributed by atoms with E-state index in [1.807, 2.05) is 14.1 Å². The standard InChI is InChI=1S/C19H27F2N5OS/c1-5-7-10-26-18(16(6-2)25(3)4)23-24-19(26)28-12-17(27)22-15-9-8-13(20)11-14(15)21/h8-9,11,16H,5-7,10,12H2,1-4H3,(H,22,27)/t16-/m1/s1. The predicted octanol–water partition coefficient (Wildman–Crippen LogP) is 4.10. The molecule has 1 N–H and O–H groups in total. The van der Waals surface area contributed by atoms with Crippen molar-refractivity contribution in [1.82, 2.24) is 19.7 Å². The van der Waals surface area contributed by atoms with E-state index in [0.717, 1.165) is 43.8 Å². The molecule has 0 spiro atoms. The maximum absolute atomic E-state index is 13.7. The minimum absolute atomic E-state index is 0.0428. The average Bonchev–Trinajstić information content (AvgIpc) is 3.03. The molecule has 2 aromatic rings. The number of thioether (sulfide) groups is 1. The highest BCUT2D eigenvalue weighted by Gasteiger charge is 2.22. The first-order chi connectivity index (χ1) is 13.4. The number of hydrogen-bond acceptors (Lipinski definition) is 5. The lowest BCUT2D eigenvalue weighted by Crippen LogP contribution is -2.23. The van der Waals surface area contributed by atoms with E-state index in [2.05, 4.69) is 38.8 Å². The number of benzene rings is 1. The van der Waals surface area contributed by atoms with Gasteiger partial charge in [0.25, 0.3) is 0 Å². The summed E-state index contributed by atoms with van der Waals surface area (Å²) in [7, 11) is 4.01. The van der Waals surface area contributed by atoms with Crippen LogP contribution in [-0.2, 0) is 11.3 Å². The van der Waals surface area contributed by atoms with Gasteiger partial charge in [-0.1, -0.05) is 32.0 Å². The van der Waals surface area contributed by atoms with E-state index in [1.54, 1.807) is 0 Å².